The highest BCUT2D eigenvalue weighted by Gasteiger charge is 2.38. The van der Waals surface area contributed by atoms with Crippen LogP contribution < -0.4 is 0 Å². The maximum absolute atomic E-state index is 12.1. The Kier molecular flexibility index (Phi) is 4.73. The molecule has 0 bridgehead atoms. The Morgan fingerprint density at radius 1 is 1.22 bits per heavy atom. The van der Waals surface area contributed by atoms with Gasteiger partial charge in [0, 0.05) is 14.0 Å². The van der Waals surface area contributed by atoms with Crippen molar-refractivity contribution in [3.63, 3.8) is 0 Å². The summed E-state index contributed by atoms with van der Waals surface area (Å²) in [5.41, 5.74) is -0.542. The van der Waals surface area contributed by atoms with Crippen LogP contribution in [0.1, 0.15) is 47.0 Å². The Morgan fingerprint density at radius 3 is 2.28 bits per heavy atom. The van der Waals surface area contributed by atoms with Crippen molar-refractivity contribution in [1.82, 2.24) is 4.90 Å². The van der Waals surface area contributed by atoms with Crippen LogP contribution in [0.15, 0.2) is 0 Å². The lowest BCUT2D eigenvalue weighted by atomic mass is 10.0. The van der Waals surface area contributed by atoms with E-state index in [9.17, 15) is 9.59 Å². The van der Waals surface area contributed by atoms with Crippen LogP contribution in [0.5, 0.6) is 0 Å². The van der Waals surface area contributed by atoms with Crippen LogP contribution in [0.2, 0.25) is 0 Å². The molecule has 1 rings (SSSR count). The third kappa shape index (κ3) is 3.70. The second-order valence-corrected chi connectivity index (χ2v) is 5.60. The summed E-state index contributed by atoms with van der Waals surface area (Å²) in [5.74, 6) is -0.503. The molecule has 0 aromatic heterocycles. The first-order valence-corrected chi connectivity index (χ1v) is 6.31. The van der Waals surface area contributed by atoms with Gasteiger partial charge < -0.3 is 14.4 Å². The molecule has 104 valence electrons. The van der Waals surface area contributed by atoms with E-state index in [1.165, 1.54) is 11.8 Å². The second kappa shape index (κ2) is 5.69. The number of carbonyl (C=O) groups is 2. The number of amides is 1. The quantitative estimate of drug-likeness (QED) is 0.707. The average Bonchev–Trinajstić information content (AvgIpc) is 2.25. The molecule has 1 aliphatic rings. The van der Waals surface area contributed by atoms with Gasteiger partial charge in [0.25, 0.3) is 0 Å². The van der Waals surface area contributed by atoms with Crippen molar-refractivity contribution in [2.24, 2.45) is 0 Å². The highest BCUT2D eigenvalue weighted by molar-refractivity contribution is 5.84. The summed E-state index contributed by atoms with van der Waals surface area (Å²) in [7, 11) is 1.55. The van der Waals surface area contributed by atoms with Gasteiger partial charge in [0.15, 0.2) is 0 Å². The SMILES string of the molecule is COC1CCC[C@@H](C(=O)OC(C)(C)C)N1C(C)=O. The molecule has 0 aliphatic carbocycles. The van der Waals surface area contributed by atoms with Crippen LogP contribution in [-0.4, -0.2) is 41.8 Å². The zero-order valence-corrected chi connectivity index (χ0v) is 11.9. The number of likely N-dealkylation sites (tertiary alicyclic amines) is 1. The van der Waals surface area contributed by atoms with E-state index in [1.54, 1.807) is 7.11 Å². The van der Waals surface area contributed by atoms with Crippen LogP contribution in [0, 0.1) is 0 Å². The lowest BCUT2D eigenvalue weighted by Crippen LogP contribution is -2.54. The molecule has 18 heavy (non-hydrogen) atoms. The van der Waals surface area contributed by atoms with Crippen molar-refractivity contribution in [3.05, 3.63) is 0 Å². The first-order valence-electron chi connectivity index (χ1n) is 6.31. The van der Waals surface area contributed by atoms with Gasteiger partial charge in [0.2, 0.25) is 5.91 Å². The Labute approximate surface area is 108 Å². The third-order valence-corrected chi connectivity index (χ3v) is 2.89. The van der Waals surface area contributed by atoms with Crippen molar-refractivity contribution in [1.29, 1.82) is 0 Å². The Morgan fingerprint density at radius 2 is 1.83 bits per heavy atom. The molecule has 0 spiro atoms. The van der Waals surface area contributed by atoms with E-state index in [4.69, 9.17) is 9.47 Å². The molecule has 0 N–H and O–H groups in total. The van der Waals surface area contributed by atoms with Gasteiger partial charge in [-0.15, -0.1) is 0 Å². The summed E-state index contributed by atoms with van der Waals surface area (Å²) in [5, 5.41) is 0. The van der Waals surface area contributed by atoms with Crippen molar-refractivity contribution < 1.29 is 19.1 Å². The molecule has 0 aromatic rings. The van der Waals surface area contributed by atoms with Crippen molar-refractivity contribution in [2.45, 2.75) is 64.8 Å². The number of hydrogen-bond donors (Lipinski definition) is 0. The Bertz CT molecular complexity index is 321. The molecule has 1 aliphatic heterocycles. The van der Waals surface area contributed by atoms with E-state index in [-0.39, 0.29) is 18.1 Å². The minimum absolute atomic E-state index is 0.155. The second-order valence-electron chi connectivity index (χ2n) is 5.60. The molecule has 5 heteroatoms. The molecule has 1 fully saturated rings. The van der Waals surface area contributed by atoms with Gasteiger partial charge in [-0.25, -0.2) is 4.79 Å². The van der Waals surface area contributed by atoms with Crippen molar-refractivity contribution in [3.8, 4) is 0 Å². The fraction of sp³-hybridized carbons (Fsp3) is 0.846. The van der Waals surface area contributed by atoms with Gasteiger partial charge in [-0.2, -0.15) is 0 Å². The van der Waals surface area contributed by atoms with Gasteiger partial charge in [-0.1, -0.05) is 0 Å². The molecular weight excluding hydrogens is 234 g/mol. The number of nitrogens with zero attached hydrogens (tertiary/aromatic N) is 1. The standard InChI is InChI=1S/C13H23NO4/c1-9(15)14-10(7-6-8-11(14)17-5)12(16)18-13(2,3)4/h10-11H,6-8H2,1-5H3/t10-,11?/m0/s1. The number of methoxy groups -OCH3 is 1. The summed E-state index contributed by atoms with van der Waals surface area (Å²) in [4.78, 5) is 25.3. The molecule has 1 amide bonds. The molecule has 0 aromatic carbocycles. The number of hydrogen-bond acceptors (Lipinski definition) is 4. The zero-order chi connectivity index (χ0) is 13.9. The molecule has 0 saturated carbocycles. The Hall–Kier alpha value is -1.10. The molecule has 1 heterocycles. The average molecular weight is 257 g/mol. The van der Waals surface area contributed by atoms with Crippen LogP contribution in [0.3, 0.4) is 0 Å². The summed E-state index contributed by atoms with van der Waals surface area (Å²) in [6, 6.07) is -0.527. The van der Waals surface area contributed by atoms with E-state index < -0.39 is 11.6 Å². The summed E-state index contributed by atoms with van der Waals surface area (Å²) >= 11 is 0. The largest absolute Gasteiger partial charge is 0.458 e. The molecule has 1 unspecified atom stereocenters. The number of esters is 1. The minimum Gasteiger partial charge on any atom is -0.458 e. The van der Waals surface area contributed by atoms with E-state index in [2.05, 4.69) is 0 Å². The third-order valence-electron chi connectivity index (χ3n) is 2.89. The van der Waals surface area contributed by atoms with Crippen LogP contribution in [-0.2, 0) is 19.1 Å². The lowest BCUT2D eigenvalue weighted by Gasteiger charge is -2.40. The van der Waals surface area contributed by atoms with E-state index in [0.717, 1.165) is 12.8 Å². The zero-order valence-electron chi connectivity index (χ0n) is 11.9. The number of carbonyl (C=O) groups excluding carboxylic acids is 2. The van der Waals surface area contributed by atoms with Crippen LogP contribution >= 0.6 is 0 Å². The van der Waals surface area contributed by atoms with Crippen LogP contribution in [0.25, 0.3) is 0 Å². The van der Waals surface area contributed by atoms with Gasteiger partial charge in [-0.05, 0) is 40.0 Å². The first-order chi connectivity index (χ1) is 8.26. The normalized spacial score (nSPS) is 24.8. The van der Waals surface area contributed by atoms with Gasteiger partial charge in [0.05, 0.1) is 0 Å². The molecule has 2 atom stereocenters. The van der Waals surface area contributed by atoms with E-state index >= 15 is 0 Å². The minimum atomic E-state index is -0.542. The predicted octanol–water partition coefficient (Wildman–Crippen LogP) is 1.70. The first kappa shape index (κ1) is 15.0. The van der Waals surface area contributed by atoms with Gasteiger partial charge >= 0.3 is 5.97 Å². The number of piperidine rings is 1. The summed E-state index contributed by atoms with van der Waals surface area (Å²) in [6.07, 6.45) is 1.92. The monoisotopic (exact) mass is 257 g/mol. The highest BCUT2D eigenvalue weighted by atomic mass is 16.6. The lowest BCUT2D eigenvalue weighted by molar-refractivity contribution is -0.177. The van der Waals surface area contributed by atoms with Gasteiger partial charge in [-0.3, -0.25) is 4.79 Å². The Balaban J connectivity index is 2.83. The fourth-order valence-electron chi connectivity index (χ4n) is 2.22. The van der Waals surface area contributed by atoms with E-state index in [1.807, 2.05) is 20.8 Å². The predicted molar refractivity (Wildman–Crippen MR) is 66.8 cm³/mol. The van der Waals surface area contributed by atoms with Gasteiger partial charge in [0.1, 0.15) is 17.9 Å². The number of ether oxygens (including phenoxy) is 2. The van der Waals surface area contributed by atoms with E-state index in [0.29, 0.717) is 6.42 Å². The maximum Gasteiger partial charge on any atom is 0.329 e. The maximum atomic E-state index is 12.1. The smallest absolute Gasteiger partial charge is 0.329 e. The summed E-state index contributed by atoms with van der Waals surface area (Å²) < 4.78 is 10.6. The van der Waals surface area contributed by atoms with Crippen molar-refractivity contribution in [2.75, 3.05) is 7.11 Å². The molecule has 5 nitrogen and oxygen atoms in total. The summed E-state index contributed by atoms with van der Waals surface area (Å²) in [6.45, 7) is 6.91. The van der Waals surface area contributed by atoms with Crippen molar-refractivity contribution >= 4 is 11.9 Å². The topological polar surface area (TPSA) is 55.8 Å². The molecular formula is C13H23NO4. The molecule has 1 saturated heterocycles. The number of rotatable bonds is 2. The molecule has 0 radical (unpaired) electrons. The fourth-order valence-corrected chi connectivity index (χ4v) is 2.22. The van der Waals surface area contributed by atoms with Crippen LogP contribution in [0.4, 0.5) is 0 Å². The highest BCUT2D eigenvalue weighted by Crippen LogP contribution is 2.25.